The molecule has 1 aliphatic heterocycles. The largest absolute Gasteiger partial charge is 0.394 e. The molecule has 1 saturated heterocycles. The van der Waals surface area contributed by atoms with Gasteiger partial charge in [-0.2, -0.15) is 0 Å². The maximum atomic E-state index is 13.0. The summed E-state index contributed by atoms with van der Waals surface area (Å²) in [5.74, 6) is -0.454. The summed E-state index contributed by atoms with van der Waals surface area (Å²) in [6.45, 7) is 1.82. The van der Waals surface area contributed by atoms with Crippen molar-refractivity contribution >= 4 is 11.8 Å². The number of hydrogen-bond acceptors (Lipinski definition) is 10. The molecule has 0 spiro atoms. The van der Waals surface area contributed by atoms with Crippen LogP contribution in [0.2, 0.25) is 0 Å². The molecule has 0 aliphatic carbocycles. The summed E-state index contributed by atoms with van der Waals surface area (Å²) < 4.78 is 11.1. The number of benzene rings is 1. The second kappa shape index (κ2) is 33.5. The Balaban J connectivity index is 1.68. The molecule has 336 valence electrons. The highest BCUT2D eigenvalue weighted by Crippen LogP contribution is 2.23. The number of rotatable bonds is 36. The Bertz CT molecular complexity index is 1140. The predicted octanol–water partition coefficient (Wildman–Crippen LogP) is 6.14. The molecule has 2 amide bonds. The Morgan fingerprint density at radius 2 is 1.21 bits per heavy atom. The van der Waals surface area contributed by atoms with E-state index in [1.165, 1.54) is 89.0 Å². The molecule has 1 aromatic carbocycles. The molecule has 0 aromatic heterocycles. The molecular weight excluding hydrogens is 741 g/mol. The number of nitrogens with one attached hydrogen (secondary N) is 2. The normalized spacial score (nSPS) is 21.1. The van der Waals surface area contributed by atoms with E-state index in [0.717, 1.165) is 51.4 Å². The highest BCUT2D eigenvalue weighted by Gasteiger charge is 2.44. The lowest BCUT2D eigenvalue weighted by Crippen LogP contribution is -2.60. The predicted molar refractivity (Wildman–Crippen MR) is 228 cm³/mol. The van der Waals surface area contributed by atoms with Gasteiger partial charge in [-0.1, -0.05) is 153 Å². The van der Waals surface area contributed by atoms with E-state index in [1.54, 1.807) is 0 Å². The number of aryl methyl sites for hydroxylation is 1. The van der Waals surface area contributed by atoms with Crippen molar-refractivity contribution in [2.45, 2.75) is 223 Å². The summed E-state index contributed by atoms with van der Waals surface area (Å²) >= 11 is 0. The SMILES string of the molecule is CCCCCCCCCCCCCCCCCCCC(=O)N[C@@H](CO[C@H]1O[C@H](CO)[C@H](O)[C@H](O)[C@H]1O)[C@H](O)[C@H](O)CCCC(=O)NCCCCCCc1ccccc1. The van der Waals surface area contributed by atoms with Gasteiger partial charge in [-0.15, -0.1) is 0 Å². The lowest BCUT2D eigenvalue weighted by molar-refractivity contribution is -0.303. The van der Waals surface area contributed by atoms with E-state index in [1.807, 2.05) is 18.2 Å². The molecule has 1 aliphatic rings. The Morgan fingerprint density at radius 3 is 1.79 bits per heavy atom. The highest BCUT2D eigenvalue weighted by atomic mass is 16.7. The van der Waals surface area contributed by atoms with Crippen molar-refractivity contribution in [1.29, 1.82) is 0 Å². The Kier molecular flexibility index (Phi) is 30.1. The average Bonchev–Trinajstić information content (AvgIpc) is 3.22. The summed E-state index contributed by atoms with van der Waals surface area (Å²) in [4.78, 5) is 25.4. The van der Waals surface area contributed by atoms with Crippen LogP contribution < -0.4 is 10.6 Å². The number of hydrogen-bond donors (Lipinski definition) is 8. The van der Waals surface area contributed by atoms with Crippen molar-refractivity contribution in [2.75, 3.05) is 19.8 Å². The van der Waals surface area contributed by atoms with Gasteiger partial charge in [-0.3, -0.25) is 9.59 Å². The van der Waals surface area contributed by atoms with Crippen LogP contribution >= 0.6 is 0 Å². The topological polar surface area (TPSA) is 198 Å². The van der Waals surface area contributed by atoms with Crippen LogP contribution in [0.4, 0.5) is 0 Å². The van der Waals surface area contributed by atoms with Crippen LogP contribution in [0.25, 0.3) is 0 Å². The third-order valence-electron chi connectivity index (χ3n) is 11.4. The third-order valence-corrected chi connectivity index (χ3v) is 11.4. The van der Waals surface area contributed by atoms with Gasteiger partial charge in [0.15, 0.2) is 6.29 Å². The summed E-state index contributed by atoms with van der Waals surface area (Å²) in [6.07, 6.45) is 16.7. The minimum Gasteiger partial charge on any atom is -0.394 e. The van der Waals surface area contributed by atoms with Crippen molar-refractivity contribution in [3.8, 4) is 0 Å². The van der Waals surface area contributed by atoms with Crippen LogP contribution in [0.3, 0.4) is 0 Å². The molecule has 1 heterocycles. The molecule has 12 heteroatoms. The van der Waals surface area contributed by atoms with Gasteiger partial charge in [0.2, 0.25) is 11.8 Å². The zero-order valence-corrected chi connectivity index (χ0v) is 35.8. The molecule has 8 atom stereocenters. The van der Waals surface area contributed by atoms with Gasteiger partial charge in [0, 0.05) is 19.4 Å². The first kappa shape index (κ1) is 52.0. The maximum Gasteiger partial charge on any atom is 0.220 e. The van der Waals surface area contributed by atoms with Crippen molar-refractivity contribution in [1.82, 2.24) is 10.6 Å². The molecule has 0 radical (unpaired) electrons. The minimum atomic E-state index is -1.65. The highest BCUT2D eigenvalue weighted by molar-refractivity contribution is 5.76. The molecule has 8 N–H and O–H groups in total. The average molecular weight is 823 g/mol. The van der Waals surface area contributed by atoms with Crippen LogP contribution in [0, 0.1) is 0 Å². The minimum absolute atomic E-state index is 0.0969. The number of aliphatic hydroxyl groups is 6. The summed E-state index contributed by atoms with van der Waals surface area (Å²) in [5, 5.41) is 68.0. The van der Waals surface area contributed by atoms with Crippen molar-refractivity contribution in [3.05, 3.63) is 35.9 Å². The van der Waals surface area contributed by atoms with Gasteiger partial charge in [-0.05, 0) is 44.1 Å². The van der Waals surface area contributed by atoms with Gasteiger partial charge in [-0.25, -0.2) is 0 Å². The third kappa shape index (κ3) is 23.6. The van der Waals surface area contributed by atoms with Crippen LogP contribution in [-0.4, -0.2) is 111 Å². The van der Waals surface area contributed by atoms with Crippen LogP contribution in [0.5, 0.6) is 0 Å². The molecule has 0 bridgehead atoms. The molecule has 12 nitrogen and oxygen atoms in total. The summed E-state index contributed by atoms with van der Waals surface area (Å²) in [6, 6.07) is 9.28. The number of aliphatic hydroxyl groups excluding tert-OH is 6. The van der Waals surface area contributed by atoms with Crippen molar-refractivity contribution in [3.63, 3.8) is 0 Å². The zero-order chi connectivity index (χ0) is 42.2. The first-order valence-corrected chi connectivity index (χ1v) is 23.1. The lowest BCUT2D eigenvalue weighted by atomic mass is 9.99. The number of carbonyl (C=O) groups excluding carboxylic acids is 2. The smallest absolute Gasteiger partial charge is 0.220 e. The monoisotopic (exact) mass is 823 g/mol. The molecule has 1 fully saturated rings. The van der Waals surface area contributed by atoms with E-state index in [4.69, 9.17) is 9.47 Å². The van der Waals surface area contributed by atoms with Crippen LogP contribution in [-0.2, 0) is 25.5 Å². The van der Waals surface area contributed by atoms with Gasteiger partial charge in [0.1, 0.15) is 30.5 Å². The van der Waals surface area contributed by atoms with Gasteiger partial charge < -0.3 is 50.7 Å². The van der Waals surface area contributed by atoms with Gasteiger partial charge in [0.05, 0.1) is 25.4 Å². The number of carbonyl (C=O) groups is 2. The standard InChI is InChI=1S/C46H82N2O10/c1-2-3-4-5-6-7-8-9-10-11-12-13-14-15-16-17-24-31-41(52)48-37(35-57-46-45(56)44(55)43(54)39(34-49)58-46)42(53)38(50)30-26-32-40(51)47-33-25-19-18-21-27-36-28-22-20-23-29-36/h20,22-23,28-29,37-39,42-46,49-50,53-56H,2-19,21,24-27,30-35H2,1H3,(H,47,51)(H,48,52)/t37-,38+,39+,42-,43-,44-,45+,46-/m0/s1. The molecular formula is C46H82N2O10. The lowest BCUT2D eigenvalue weighted by Gasteiger charge is -2.40. The molecule has 1 aromatic rings. The number of amides is 2. The second-order valence-electron chi connectivity index (χ2n) is 16.6. The molecule has 2 rings (SSSR count). The molecule has 0 saturated carbocycles. The molecule has 0 unspecified atom stereocenters. The van der Waals surface area contributed by atoms with Gasteiger partial charge >= 0.3 is 0 Å². The Hall–Kier alpha value is -2.16. The van der Waals surface area contributed by atoms with Gasteiger partial charge in [0.25, 0.3) is 0 Å². The first-order chi connectivity index (χ1) is 28.2. The fourth-order valence-electron chi connectivity index (χ4n) is 7.60. The van der Waals surface area contributed by atoms with Crippen molar-refractivity contribution in [2.24, 2.45) is 0 Å². The van der Waals surface area contributed by atoms with E-state index in [9.17, 15) is 40.2 Å². The zero-order valence-electron chi connectivity index (χ0n) is 35.8. The van der Waals surface area contributed by atoms with Crippen LogP contribution in [0.1, 0.15) is 173 Å². The molecule has 58 heavy (non-hydrogen) atoms. The summed E-state index contributed by atoms with van der Waals surface area (Å²) in [7, 11) is 0. The van der Waals surface area contributed by atoms with E-state index in [0.29, 0.717) is 19.4 Å². The van der Waals surface area contributed by atoms with E-state index >= 15 is 0 Å². The quantitative estimate of drug-likeness (QED) is 0.0364. The maximum absolute atomic E-state index is 13.0. The van der Waals surface area contributed by atoms with E-state index < -0.39 is 62.2 Å². The summed E-state index contributed by atoms with van der Waals surface area (Å²) in [5.41, 5.74) is 1.33. The number of unbranched alkanes of at least 4 members (excludes halogenated alkanes) is 19. The first-order valence-electron chi connectivity index (χ1n) is 23.1. The number of ether oxygens (including phenoxy) is 2. The van der Waals surface area contributed by atoms with E-state index in [2.05, 4.69) is 29.7 Å². The Morgan fingerprint density at radius 1 is 0.672 bits per heavy atom. The van der Waals surface area contributed by atoms with Crippen molar-refractivity contribution < 1.29 is 49.7 Å². The second-order valence-corrected chi connectivity index (χ2v) is 16.6. The fraction of sp³-hybridized carbons (Fsp3) is 0.826. The van der Waals surface area contributed by atoms with Crippen LogP contribution in [0.15, 0.2) is 30.3 Å². The Labute approximate surface area is 349 Å². The fourth-order valence-corrected chi connectivity index (χ4v) is 7.60. The van der Waals surface area contributed by atoms with E-state index in [-0.39, 0.29) is 31.1 Å².